The second-order valence-corrected chi connectivity index (χ2v) is 5.47. The molecule has 0 bridgehead atoms. The van der Waals surface area contributed by atoms with Crippen LogP contribution in [0.15, 0.2) is 30.3 Å². The minimum absolute atomic E-state index is 0.0580. The van der Waals surface area contributed by atoms with Crippen LogP contribution in [0.5, 0.6) is 0 Å². The quantitative estimate of drug-likeness (QED) is 0.574. The summed E-state index contributed by atoms with van der Waals surface area (Å²) in [6, 6.07) is 9.81. The highest BCUT2D eigenvalue weighted by Crippen LogP contribution is 2.48. The fourth-order valence-corrected chi connectivity index (χ4v) is 3.14. The summed E-state index contributed by atoms with van der Waals surface area (Å²) < 4.78 is 10.7. The fraction of sp³-hybridized carbons (Fsp3) is 0.467. The zero-order valence-electron chi connectivity index (χ0n) is 10.8. The van der Waals surface area contributed by atoms with Crippen molar-refractivity contribution in [2.24, 2.45) is 5.41 Å². The molecule has 100 valence electrons. The minimum atomic E-state index is -0.685. The zero-order valence-corrected chi connectivity index (χ0v) is 10.8. The molecular formula is C15H16O4. The van der Waals surface area contributed by atoms with E-state index in [4.69, 9.17) is 9.47 Å². The molecule has 4 heteroatoms. The maximum Gasteiger partial charge on any atom is 0.320 e. The second-order valence-electron chi connectivity index (χ2n) is 5.47. The van der Waals surface area contributed by atoms with Gasteiger partial charge in [-0.25, -0.2) is 0 Å². The lowest BCUT2D eigenvalue weighted by Gasteiger charge is -2.38. The van der Waals surface area contributed by atoms with Crippen molar-refractivity contribution in [3.8, 4) is 0 Å². The Kier molecular flexibility index (Phi) is 2.90. The summed E-state index contributed by atoms with van der Waals surface area (Å²) in [6.45, 7) is 1.94. The third-order valence-corrected chi connectivity index (χ3v) is 3.94. The molecule has 0 saturated carbocycles. The molecule has 0 aromatic heterocycles. The van der Waals surface area contributed by atoms with Crippen molar-refractivity contribution < 1.29 is 19.1 Å². The zero-order chi connectivity index (χ0) is 13.5. The first-order valence-electron chi connectivity index (χ1n) is 6.55. The van der Waals surface area contributed by atoms with Crippen molar-refractivity contribution in [3.05, 3.63) is 35.9 Å². The van der Waals surface area contributed by atoms with Gasteiger partial charge in [-0.05, 0) is 25.3 Å². The van der Waals surface area contributed by atoms with Crippen molar-refractivity contribution in [1.29, 1.82) is 0 Å². The lowest BCUT2D eigenvalue weighted by Crippen LogP contribution is -2.39. The van der Waals surface area contributed by atoms with E-state index in [9.17, 15) is 9.59 Å². The van der Waals surface area contributed by atoms with E-state index in [1.54, 1.807) is 0 Å². The molecule has 2 fully saturated rings. The van der Waals surface area contributed by atoms with Crippen molar-refractivity contribution in [1.82, 2.24) is 0 Å². The summed E-state index contributed by atoms with van der Waals surface area (Å²) in [6.07, 6.45) is 1.05. The van der Waals surface area contributed by atoms with Crippen molar-refractivity contribution in [2.45, 2.75) is 38.4 Å². The Hall–Kier alpha value is -1.68. The van der Waals surface area contributed by atoms with E-state index in [-0.39, 0.29) is 24.6 Å². The number of benzene rings is 1. The van der Waals surface area contributed by atoms with Crippen LogP contribution in [0.4, 0.5) is 0 Å². The Morgan fingerprint density at radius 3 is 2.53 bits per heavy atom. The Labute approximate surface area is 111 Å². The SMILES string of the molecule is C[C@@H]1C[C@]2(CC(=O)OC2=O)C[C@@H](c2ccccc2)O1. The van der Waals surface area contributed by atoms with E-state index in [2.05, 4.69) is 0 Å². The third-order valence-electron chi connectivity index (χ3n) is 3.94. The van der Waals surface area contributed by atoms with Crippen LogP contribution in [0.3, 0.4) is 0 Å². The summed E-state index contributed by atoms with van der Waals surface area (Å²) in [5.41, 5.74) is 0.357. The average molecular weight is 260 g/mol. The summed E-state index contributed by atoms with van der Waals surface area (Å²) in [5.74, 6) is -0.792. The molecule has 2 aliphatic rings. The predicted molar refractivity (Wildman–Crippen MR) is 67.1 cm³/mol. The van der Waals surface area contributed by atoms with E-state index in [1.165, 1.54) is 0 Å². The van der Waals surface area contributed by atoms with Gasteiger partial charge in [0.15, 0.2) is 0 Å². The van der Waals surface area contributed by atoms with Gasteiger partial charge in [-0.2, -0.15) is 0 Å². The van der Waals surface area contributed by atoms with Crippen LogP contribution in [0.1, 0.15) is 37.9 Å². The molecule has 0 N–H and O–H groups in total. The van der Waals surface area contributed by atoms with Gasteiger partial charge in [-0.15, -0.1) is 0 Å². The Balaban J connectivity index is 1.89. The molecular weight excluding hydrogens is 244 g/mol. The van der Waals surface area contributed by atoms with Crippen LogP contribution in [-0.4, -0.2) is 18.0 Å². The minimum Gasteiger partial charge on any atom is -0.393 e. The summed E-state index contributed by atoms with van der Waals surface area (Å²) >= 11 is 0. The van der Waals surface area contributed by atoms with Gasteiger partial charge in [0.05, 0.1) is 24.0 Å². The molecule has 1 aromatic rings. The van der Waals surface area contributed by atoms with Crippen LogP contribution < -0.4 is 0 Å². The predicted octanol–water partition coefficient (Wildman–Crippen LogP) is 2.39. The summed E-state index contributed by atoms with van der Waals surface area (Å²) in [7, 11) is 0. The molecule has 0 amide bonds. The monoisotopic (exact) mass is 260 g/mol. The number of cyclic esters (lactones) is 2. The standard InChI is InChI=1S/C15H16O4/c1-10-7-15(9-13(16)19-14(15)17)8-12(18-10)11-5-3-2-4-6-11/h2-6,10,12H,7-9H2,1H3/t10-,12+,15-/m1/s1. The summed E-state index contributed by atoms with van der Waals surface area (Å²) in [4.78, 5) is 23.4. The lowest BCUT2D eigenvalue weighted by atomic mass is 9.73. The smallest absolute Gasteiger partial charge is 0.320 e. The molecule has 3 rings (SSSR count). The Morgan fingerprint density at radius 2 is 1.89 bits per heavy atom. The number of ether oxygens (including phenoxy) is 2. The number of carbonyl (C=O) groups excluding carboxylic acids is 2. The van der Waals surface area contributed by atoms with E-state index in [1.807, 2.05) is 37.3 Å². The second kappa shape index (κ2) is 4.46. The number of rotatable bonds is 1. The van der Waals surface area contributed by atoms with E-state index >= 15 is 0 Å². The van der Waals surface area contributed by atoms with E-state index in [0.717, 1.165) is 5.56 Å². The number of carbonyl (C=O) groups is 2. The Bertz CT molecular complexity index is 510. The first-order valence-corrected chi connectivity index (χ1v) is 6.55. The van der Waals surface area contributed by atoms with Crippen LogP contribution in [0, 0.1) is 5.41 Å². The summed E-state index contributed by atoms with van der Waals surface area (Å²) in [5, 5.41) is 0. The van der Waals surface area contributed by atoms with Gasteiger partial charge in [0.25, 0.3) is 0 Å². The van der Waals surface area contributed by atoms with E-state index < -0.39 is 11.4 Å². The van der Waals surface area contributed by atoms with Crippen molar-refractivity contribution in [2.75, 3.05) is 0 Å². The fourth-order valence-electron chi connectivity index (χ4n) is 3.14. The Morgan fingerprint density at radius 1 is 1.16 bits per heavy atom. The van der Waals surface area contributed by atoms with Gasteiger partial charge in [-0.1, -0.05) is 30.3 Å². The molecule has 3 atom stereocenters. The molecule has 2 saturated heterocycles. The molecule has 2 aliphatic heterocycles. The number of esters is 2. The first-order chi connectivity index (χ1) is 9.09. The van der Waals surface area contributed by atoms with Gasteiger partial charge >= 0.3 is 11.9 Å². The van der Waals surface area contributed by atoms with Crippen LogP contribution in [0.25, 0.3) is 0 Å². The van der Waals surface area contributed by atoms with Gasteiger partial charge in [0, 0.05) is 0 Å². The molecule has 0 unspecified atom stereocenters. The molecule has 0 radical (unpaired) electrons. The van der Waals surface area contributed by atoms with Gasteiger partial charge in [-0.3, -0.25) is 9.59 Å². The highest BCUT2D eigenvalue weighted by Gasteiger charge is 2.53. The maximum atomic E-state index is 12.0. The van der Waals surface area contributed by atoms with Gasteiger partial charge < -0.3 is 9.47 Å². The molecule has 1 aromatic carbocycles. The van der Waals surface area contributed by atoms with E-state index in [0.29, 0.717) is 12.8 Å². The first kappa shape index (κ1) is 12.4. The van der Waals surface area contributed by atoms with Gasteiger partial charge in [0.2, 0.25) is 0 Å². The molecule has 19 heavy (non-hydrogen) atoms. The topological polar surface area (TPSA) is 52.6 Å². The molecule has 4 nitrogen and oxygen atoms in total. The largest absolute Gasteiger partial charge is 0.393 e. The van der Waals surface area contributed by atoms with Crippen LogP contribution >= 0.6 is 0 Å². The highest BCUT2D eigenvalue weighted by molar-refractivity contribution is 5.97. The molecule has 2 heterocycles. The number of hydrogen-bond donors (Lipinski definition) is 0. The van der Waals surface area contributed by atoms with Crippen LogP contribution in [-0.2, 0) is 19.1 Å². The van der Waals surface area contributed by atoms with Gasteiger partial charge in [0.1, 0.15) is 0 Å². The maximum absolute atomic E-state index is 12.0. The lowest BCUT2D eigenvalue weighted by molar-refractivity contribution is -0.162. The highest BCUT2D eigenvalue weighted by atomic mass is 16.6. The number of hydrogen-bond acceptors (Lipinski definition) is 4. The molecule has 1 spiro atoms. The van der Waals surface area contributed by atoms with Crippen molar-refractivity contribution >= 4 is 11.9 Å². The normalized spacial score (nSPS) is 34.6. The molecule has 0 aliphatic carbocycles. The average Bonchev–Trinajstić information content (AvgIpc) is 2.63. The van der Waals surface area contributed by atoms with Crippen LogP contribution in [0.2, 0.25) is 0 Å². The third kappa shape index (κ3) is 2.16. The van der Waals surface area contributed by atoms with Crippen molar-refractivity contribution in [3.63, 3.8) is 0 Å².